The molecule has 2 aromatic carbocycles. The molecule has 5 heteroatoms. The SMILES string of the molecule is O=C1Nc2ccccc2SC1=Cc1ccc(C(=O)O)cc1. The Bertz CT molecular complexity index is 750. The van der Waals surface area contributed by atoms with Gasteiger partial charge in [0.25, 0.3) is 5.91 Å². The maximum absolute atomic E-state index is 12.0. The molecule has 1 aliphatic rings. The van der Waals surface area contributed by atoms with Gasteiger partial charge in [-0.05, 0) is 35.9 Å². The molecule has 0 saturated carbocycles. The molecule has 0 unspecified atom stereocenters. The van der Waals surface area contributed by atoms with Crippen molar-refractivity contribution in [3.8, 4) is 0 Å². The van der Waals surface area contributed by atoms with Gasteiger partial charge in [0.2, 0.25) is 0 Å². The average molecular weight is 297 g/mol. The maximum Gasteiger partial charge on any atom is 0.335 e. The van der Waals surface area contributed by atoms with Crippen LogP contribution in [0.3, 0.4) is 0 Å². The van der Waals surface area contributed by atoms with Crippen molar-refractivity contribution in [2.24, 2.45) is 0 Å². The Kier molecular flexibility index (Phi) is 3.50. The predicted octanol–water partition coefficient (Wildman–Crippen LogP) is 3.47. The predicted molar refractivity (Wildman–Crippen MR) is 82.3 cm³/mol. The Morgan fingerprint density at radius 2 is 1.81 bits per heavy atom. The second-order valence-corrected chi connectivity index (χ2v) is 5.57. The van der Waals surface area contributed by atoms with Crippen LogP contribution in [0.4, 0.5) is 5.69 Å². The lowest BCUT2D eigenvalue weighted by Gasteiger charge is -2.18. The van der Waals surface area contributed by atoms with Crippen LogP contribution in [0.15, 0.2) is 58.3 Å². The minimum Gasteiger partial charge on any atom is -0.478 e. The second-order valence-electron chi connectivity index (χ2n) is 4.49. The first-order chi connectivity index (χ1) is 10.1. The second kappa shape index (κ2) is 5.46. The molecule has 21 heavy (non-hydrogen) atoms. The van der Waals surface area contributed by atoms with Crippen LogP contribution in [-0.2, 0) is 4.79 Å². The number of carbonyl (C=O) groups is 2. The highest BCUT2D eigenvalue weighted by molar-refractivity contribution is 8.04. The van der Waals surface area contributed by atoms with Gasteiger partial charge in [-0.1, -0.05) is 36.0 Å². The summed E-state index contributed by atoms with van der Waals surface area (Å²) in [5, 5.41) is 11.7. The van der Waals surface area contributed by atoms with Crippen molar-refractivity contribution in [1.82, 2.24) is 0 Å². The average Bonchev–Trinajstić information content (AvgIpc) is 2.48. The van der Waals surface area contributed by atoms with Crippen molar-refractivity contribution in [1.29, 1.82) is 0 Å². The maximum atomic E-state index is 12.0. The number of thioether (sulfide) groups is 1. The van der Waals surface area contributed by atoms with E-state index in [1.165, 1.54) is 23.9 Å². The van der Waals surface area contributed by atoms with Gasteiger partial charge in [0.15, 0.2) is 0 Å². The van der Waals surface area contributed by atoms with E-state index in [9.17, 15) is 9.59 Å². The normalized spacial score (nSPS) is 15.4. The van der Waals surface area contributed by atoms with Gasteiger partial charge < -0.3 is 10.4 Å². The molecule has 1 heterocycles. The molecule has 2 N–H and O–H groups in total. The summed E-state index contributed by atoms with van der Waals surface area (Å²) in [5.74, 6) is -1.12. The summed E-state index contributed by atoms with van der Waals surface area (Å²) in [7, 11) is 0. The van der Waals surface area contributed by atoms with Gasteiger partial charge in [0, 0.05) is 4.90 Å². The lowest BCUT2D eigenvalue weighted by Crippen LogP contribution is -2.17. The molecule has 0 bridgehead atoms. The summed E-state index contributed by atoms with van der Waals surface area (Å²) >= 11 is 1.40. The zero-order valence-corrected chi connectivity index (χ0v) is 11.7. The first kappa shape index (κ1) is 13.5. The van der Waals surface area contributed by atoms with Gasteiger partial charge in [-0.15, -0.1) is 0 Å². The Hall–Kier alpha value is -2.53. The number of carboxylic acids is 1. The molecule has 3 rings (SSSR count). The zero-order valence-electron chi connectivity index (χ0n) is 10.9. The summed E-state index contributed by atoms with van der Waals surface area (Å²) in [6, 6.07) is 14.0. The lowest BCUT2D eigenvalue weighted by molar-refractivity contribution is -0.112. The van der Waals surface area contributed by atoms with E-state index in [1.807, 2.05) is 24.3 Å². The van der Waals surface area contributed by atoms with Crippen LogP contribution in [0, 0.1) is 0 Å². The highest BCUT2D eigenvalue weighted by atomic mass is 32.2. The zero-order chi connectivity index (χ0) is 14.8. The quantitative estimate of drug-likeness (QED) is 0.833. The van der Waals surface area contributed by atoms with Gasteiger partial charge in [-0.3, -0.25) is 4.79 Å². The number of hydrogen-bond acceptors (Lipinski definition) is 3. The van der Waals surface area contributed by atoms with Crippen LogP contribution in [0.5, 0.6) is 0 Å². The van der Waals surface area contributed by atoms with Crippen molar-refractivity contribution in [2.45, 2.75) is 4.90 Å². The molecule has 2 aromatic rings. The van der Waals surface area contributed by atoms with Crippen LogP contribution < -0.4 is 5.32 Å². The number of carboxylic acid groups (broad SMARTS) is 1. The van der Waals surface area contributed by atoms with E-state index in [-0.39, 0.29) is 11.5 Å². The molecule has 0 spiro atoms. The van der Waals surface area contributed by atoms with Gasteiger partial charge in [0.05, 0.1) is 16.2 Å². The first-order valence-corrected chi connectivity index (χ1v) is 7.08. The fraction of sp³-hybridized carbons (Fsp3) is 0. The number of carbonyl (C=O) groups excluding carboxylic acids is 1. The number of rotatable bonds is 2. The van der Waals surface area contributed by atoms with E-state index in [0.717, 1.165) is 16.1 Å². The van der Waals surface area contributed by atoms with Gasteiger partial charge in [0.1, 0.15) is 0 Å². The molecule has 0 radical (unpaired) electrons. The minimum atomic E-state index is -0.965. The van der Waals surface area contributed by atoms with E-state index in [0.29, 0.717) is 4.91 Å². The lowest BCUT2D eigenvalue weighted by atomic mass is 10.1. The van der Waals surface area contributed by atoms with Crippen LogP contribution in [0.1, 0.15) is 15.9 Å². The van der Waals surface area contributed by atoms with Crippen molar-refractivity contribution >= 4 is 35.4 Å². The Morgan fingerprint density at radius 3 is 2.52 bits per heavy atom. The van der Waals surface area contributed by atoms with Crippen LogP contribution in [-0.4, -0.2) is 17.0 Å². The Balaban J connectivity index is 1.90. The molecule has 0 aliphatic carbocycles. The number of aromatic carboxylic acids is 1. The van der Waals surface area contributed by atoms with Crippen molar-refractivity contribution < 1.29 is 14.7 Å². The summed E-state index contributed by atoms with van der Waals surface area (Å²) < 4.78 is 0. The van der Waals surface area contributed by atoms with E-state index in [4.69, 9.17) is 5.11 Å². The topological polar surface area (TPSA) is 66.4 Å². The summed E-state index contributed by atoms with van der Waals surface area (Å²) in [6.07, 6.45) is 1.75. The molecule has 104 valence electrons. The molecular weight excluding hydrogens is 286 g/mol. The molecule has 0 atom stereocenters. The molecule has 0 fully saturated rings. The van der Waals surface area contributed by atoms with Gasteiger partial charge in [-0.2, -0.15) is 0 Å². The smallest absolute Gasteiger partial charge is 0.335 e. The number of hydrogen-bond donors (Lipinski definition) is 2. The molecule has 1 amide bonds. The number of fused-ring (bicyclic) bond motifs is 1. The molecular formula is C16H11NO3S. The summed E-state index contributed by atoms with van der Waals surface area (Å²) in [5.41, 5.74) is 1.83. The Labute approximate surface area is 125 Å². The highest BCUT2D eigenvalue weighted by Crippen LogP contribution is 2.38. The number of nitrogens with one attached hydrogen (secondary N) is 1. The number of benzene rings is 2. The van der Waals surface area contributed by atoms with Crippen molar-refractivity contribution in [3.63, 3.8) is 0 Å². The fourth-order valence-electron chi connectivity index (χ4n) is 1.98. The van der Waals surface area contributed by atoms with Crippen molar-refractivity contribution in [2.75, 3.05) is 5.32 Å². The third-order valence-corrected chi connectivity index (χ3v) is 4.13. The summed E-state index contributed by atoms with van der Waals surface area (Å²) in [6.45, 7) is 0. The van der Waals surface area contributed by atoms with Gasteiger partial charge in [-0.25, -0.2) is 4.79 Å². The monoisotopic (exact) mass is 297 g/mol. The fourth-order valence-corrected chi connectivity index (χ4v) is 2.93. The third kappa shape index (κ3) is 2.83. The van der Waals surface area contributed by atoms with Gasteiger partial charge >= 0.3 is 5.97 Å². The molecule has 1 aliphatic heterocycles. The van der Waals surface area contributed by atoms with Crippen LogP contribution >= 0.6 is 11.8 Å². The van der Waals surface area contributed by atoms with E-state index >= 15 is 0 Å². The van der Waals surface area contributed by atoms with E-state index < -0.39 is 5.97 Å². The molecule has 4 nitrogen and oxygen atoms in total. The third-order valence-electron chi connectivity index (χ3n) is 3.03. The van der Waals surface area contributed by atoms with E-state index in [1.54, 1.807) is 18.2 Å². The largest absolute Gasteiger partial charge is 0.478 e. The van der Waals surface area contributed by atoms with Crippen molar-refractivity contribution in [3.05, 3.63) is 64.6 Å². The standard InChI is InChI=1S/C16H11NO3S/c18-15-14(21-13-4-2-1-3-12(13)17-15)9-10-5-7-11(8-6-10)16(19)20/h1-9H,(H,17,18)(H,19,20). The number of anilines is 1. The summed E-state index contributed by atoms with van der Waals surface area (Å²) in [4.78, 5) is 24.4. The number of para-hydroxylation sites is 1. The van der Waals surface area contributed by atoms with Crippen LogP contribution in [0.25, 0.3) is 6.08 Å². The highest BCUT2D eigenvalue weighted by Gasteiger charge is 2.20. The van der Waals surface area contributed by atoms with E-state index in [2.05, 4.69) is 5.32 Å². The first-order valence-electron chi connectivity index (χ1n) is 6.27. The minimum absolute atomic E-state index is 0.152. The molecule has 0 aromatic heterocycles. The molecule has 0 saturated heterocycles. The number of amides is 1. The van der Waals surface area contributed by atoms with Crippen LogP contribution in [0.2, 0.25) is 0 Å². The Morgan fingerprint density at radius 1 is 1.10 bits per heavy atom.